The van der Waals surface area contributed by atoms with Gasteiger partial charge in [0.2, 0.25) is 0 Å². The number of hydrogen-bond acceptors (Lipinski definition) is 4. The van der Waals surface area contributed by atoms with E-state index in [1.165, 1.54) is 0 Å². The average Bonchev–Trinajstić information content (AvgIpc) is 2.89. The number of rotatable bonds is 9. The molecule has 0 unspecified atom stereocenters. The van der Waals surface area contributed by atoms with Crippen LogP contribution in [0.5, 0.6) is 11.5 Å². The van der Waals surface area contributed by atoms with Crippen molar-refractivity contribution in [2.45, 2.75) is 13.2 Å². The monoisotopic (exact) mass is 504 g/mol. The zero-order valence-corrected chi connectivity index (χ0v) is 20.2. The minimum Gasteiger partial charge on any atom is -0.489 e. The van der Waals surface area contributed by atoms with Gasteiger partial charge < -0.3 is 9.47 Å². The zero-order valence-electron chi connectivity index (χ0n) is 18.7. The van der Waals surface area contributed by atoms with E-state index in [1.54, 1.807) is 30.5 Å². The number of hydrazone groups is 1. The van der Waals surface area contributed by atoms with Crippen LogP contribution in [-0.2, 0) is 13.2 Å². The number of para-hydroxylation sites is 1. The number of nitrogens with zero attached hydrogens (tertiary/aromatic N) is 1. The van der Waals surface area contributed by atoms with Crippen molar-refractivity contribution in [1.82, 2.24) is 5.43 Å². The van der Waals surface area contributed by atoms with Crippen molar-refractivity contribution in [2.75, 3.05) is 0 Å². The van der Waals surface area contributed by atoms with Gasteiger partial charge in [-0.15, -0.1) is 0 Å². The van der Waals surface area contributed by atoms with Crippen LogP contribution in [0.25, 0.3) is 0 Å². The summed E-state index contributed by atoms with van der Waals surface area (Å²) in [6, 6.07) is 29.2. The Hall–Kier alpha value is -3.80. The van der Waals surface area contributed by atoms with Gasteiger partial charge in [-0.25, -0.2) is 5.43 Å². The molecule has 0 aliphatic rings. The van der Waals surface area contributed by atoms with Gasteiger partial charge in [0.05, 0.1) is 6.21 Å². The molecule has 1 N–H and O–H groups in total. The van der Waals surface area contributed by atoms with Crippen molar-refractivity contribution in [1.29, 1.82) is 0 Å². The fourth-order valence-corrected chi connectivity index (χ4v) is 3.39. The molecule has 0 bridgehead atoms. The number of hydrogen-bond donors (Lipinski definition) is 1. The summed E-state index contributed by atoms with van der Waals surface area (Å²) in [6.07, 6.45) is 1.55. The summed E-state index contributed by atoms with van der Waals surface area (Å²) in [6.45, 7) is 0.799. The molecule has 0 radical (unpaired) electrons. The molecule has 1 amide bonds. The molecule has 0 spiro atoms. The van der Waals surface area contributed by atoms with Crippen LogP contribution in [0, 0.1) is 0 Å². The second kappa shape index (κ2) is 12.1. The van der Waals surface area contributed by atoms with E-state index in [0.717, 1.165) is 16.7 Å². The van der Waals surface area contributed by atoms with Crippen molar-refractivity contribution < 1.29 is 14.3 Å². The Morgan fingerprint density at radius 2 is 1.31 bits per heavy atom. The highest BCUT2D eigenvalue weighted by Gasteiger charge is 2.06. The van der Waals surface area contributed by atoms with Crippen LogP contribution >= 0.6 is 23.2 Å². The van der Waals surface area contributed by atoms with E-state index in [2.05, 4.69) is 10.5 Å². The molecule has 0 heterocycles. The molecular weight excluding hydrogens is 483 g/mol. The molecule has 4 rings (SSSR count). The Morgan fingerprint density at radius 1 is 0.743 bits per heavy atom. The topological polar surface area (TPSA) is 59.9 Å². The first-order chi connectivity index (χ1) is 17.1. The molecule has 176 valence electrons. The molecule has 7 heteroatoms. The summed E-state index contributed by atoms with van der Waals surface area (Å²) in [5.74, 6) is 0.986. The maximum Gasteiger partial charge on any atom is 0.271 e. The molecule has 0 aliphatic carbocycles. The predicted octanol–water partition coefficient (Wildman–Crippen LogP) is 6.92. The summed E-state index contributed by atoms with van der Waals surface area (Å²) in [5, 5.41) is 5.45. The molecule has 0 saturated carbocycles. The Kier molecular flexibility index (Phi) is 8.39. The molecule has 0 atom stereocenters. The number of nitrogens with one attached hydrogen (secondary N) is 1. The van der Waals surface area contributed by atoms with Gasteiger partial charge in [-0.05, 0) is 71.8 Å². The normalized spacial score (nSPS) is 10.8. The minimum absolute atomic E-state index is 0.329. The smallest absolute Gasteiger partial charge is 0.271 e. The molecular formula is C28H22Cl2N2O3. The lowest BCUT2D eigenvalue weighted by Gasteiger charge is -2.09. The summed E-state index contributed by atoms with van der Waals surface area (Å²) < 4.78 is 11.7. The van der Waals surface area contributed by atoms with Gasteiger partial charge in [0, 0.05) is 21.2 Å². The maximum absolute atomic E-state index is 12.5. The van der Waals surface area contributed by atoms with E-state index in [9.17, 15) is 4.79 Å². The van der Waals surface area contributed by atoms with Crippen LogP contribution in [-0.4, -0.2) is 12.1 Å². The largest absolute Gasteiger partial charge is 0.489 e. The highest BCUT2D eigenvalue weighted by molar-refractivity contribution is 6.30. The van der Waals surface area contributed by atoms with Crippen molar-refractivity contribution in [3.05, 3.63) is 129 Å². The summed E-state index contributed by atoms with van der Waals surface area (Å²) in [5.41, 5.74) is 5.75. The lowest BCUT2D eigenvalue weighted by molar-refractivity contribution is 0.0955. The summed E-state index contributed by atoms with van der Waals surface area (Å²) in [7, 11) is 0. The molecule has 0 aliphatic heterocycles. The van der Waals surface area contributed by atoms with Crippen LogP contribution in [0.3, 0.4) is 0 Å². The second-order valence-corrected chi connectivity index (χ2v) is 8.46. The van der Waals surface area contributed by atoms with Crippen LogP contribution in [0.1, 0.15) is 27.0 Å². The lowest BCUT2D eigenvalue weighted by Crippen LogP contribution is -2.17. The van der Waals surface area contributed by atoms with Gasteiger partial charge in [-0.1, -0.05) is 59.6 Å². The molecule has 5 nitrogen and oxygen atoms in total. The van der Waals surface area contributed by atoms with Crippen LogP contribution in [0.15, 0.2) is 102 Å². The Labute approximate surface area is 213 Å². The van der Waals surface area contributed by atoms with Crippen molar-refractivity contribution >= 4 is 35.3 Å². The Morgan fingerprint density at radius 3 is 1.94 bits per heavy atom. The molecule has 0 aromatic heterocycles. The summed E-state index contributed by atoms with van der Waals surface area (Å²) in [4.78, 5) is 12.5. The fraction of sp³-hybridized carbons (Fsp3) is 0.0714. The van der Waals surface area contributed by atoms with Gasteiger partial charge >= 0.3 is 0 Å². The fourth-order valence-electron chi connectivity index (χ4n) is 3.14. The third-order valence-corrected chi connectivity index (χ3v) is 5.54. The van der Waals surface area contributed by atoms with Crippen LogP contribution < -0.4 is 14.9 Å². The standard InChI is InChI=1S/C28H22Cl2N2O3/c29-24-11-5-20(6-12-24)18-34-26-15-9-22(10-16-26)28(33)32-31-17-23-3-1-2-4-27(23)35-19-21-7-13-25(30)14-8-21/h1-17H,18-19H2,(H,32,33)/b31-17+. The van der Waals surface area contributed by atoms with Crippen molar-refractivity contribution in [2.24, 2.45) is 5.10 Å². The first-order valence-electron chi connectivity index (χ1n) is 10.8. The zero-order chi connectivity index (χ0) is 24.5. The molecule has 4 aromatic carbocycles. The molecule has 0 fully saturated rings. The number of halogens is 2. The van der Waals surface area contributed by atoms with Crippen molar-refractivity contribution in [3.63, 3.8) is 0 Å². The van der Waals surface area contributed by atoms with Crippen LogP contribution in [0.2, 0.25) is 10.0 Å². The average molecular weight is 505 g/mol. The number of amides is 1. The molecule has 4 aromatic rings. The van der Waals surface area contributed by atoms with E-state index in [-0.39, 0.29) is 5.91 Å². The van der Waals surface area contributed by atoms with E-state index in [4.69, 9.17) is 32.7 Å². The number of benzene rings is 4. The Balaban J connectivity index is 1.30. The van der Waals surface area contributed by atoms with E-state index in [0.29, 0.717) is 40.3 Å². The molecule has 0 saturated heterocycles. The van der Waals surface area contributed by atoms with E-state index >= 15 is 0 Å². The third-order valence-electron chi connectivity index (χ3n) is 5.03. The highest BCUT2D eigenvalue weighted by Crippen LogP contribution is 2.19. The van der Waals surface area contributed by atoms with Gasteiger partial charge in [0.25, 0.3) is 5.91 Å². The number of ether oxygens (including phenoxy) is 2. The van der Waals surface area contributed by atoms with Gasteiger partial charge in [0.15, 0.2) is 0 Å². The Bertz CT molecular complexity index is 1290. The minimum atomic E-state index is -0.329. The number of carbonyl (C=O) groups is 1. The SMILES string of the molecule is O=C(N/N=C/c1ccccc1OCc1ccc(Cl)cc1)c1ccc(OCc2ccc(Cl)cc2)cc1. The summed E-state index contributed by atoms with van der Waals surface area (Å²) >= 11 is 11.8. The predicted molar refractivity (Wildman–Crippen MR) is 140 cm³/mol. The van der Waals surface area contributed by atoms with Gasteiger partial charge in [-0.3, -0.25) is 4.79 Å². The third kappa shape index (κ3) is 7.34. The first-order valence-corrected chi connectivity index (χ1v) is 11.6. The van der Waals surface area contributed by atoms with E-state index in [1.807, 2.05) is 72.8 Å². The highest BCUT2D eigenvalue weighted by atomic mass is 35.5. The van der Waals surface area contributed by atoms with Gasteiger partial charge in [0.1, 0.15) is 24.7 Å². The van der Waals surface area contributed by atoms with Crippen LogP contribution in [0.4, 0.5) is 0 Å². The lowest BCUT2D eigenvalue weighted by atomic mass is 10.2. The quantitative estimate of drug-likeness (QED) is 0.199. The van der Waals surface area contributed by atoms with E-state index < -0.39 is 0 Å². The second-order valence-electron chi connectivity index (χ2n) is 7.59. The first kappa shape index (κ1) is 24.3. The number of carbonyl (C=O) groups excluding carboxylic acids is 1. The van der Waals surface area contributed by atoms with Crippen molar-refractivity contribution in [3.8, 4) is 11.5 Å². The van der Waals surface area contributed by atoms with Gasteiger partial charge in [-0.2, -0.15) is 5.10 Å². The molecule has 35 heavy (non-hydrogen) atoms. The maximum atomic E-state index is 12.5.